The van der Waals surface area contributed by atoms with Crippen LogP contribution in [0.25, 0.3) is 0 Å². The van der Waals surface area contributed by atoms with E-state index >= 15 is 0 Å². The summed E-state index contributed by atoms with van der Waals surface area (Å²) in [5.74, 6) is 0.256. The second kappa shape index (κ2) is 4.18. The quantitative estimate of drug-likeness (QED) is 0.578. The van der Waals surface area contributed by atoms with E-state index in [4.69, 9.17) is 0 Å². The third kappa shape index (κ3) is 2.68. The highest BCUT2D eigenvalue weighted by atomic mass is 32.2. The summed E-state index contributed by atoms with van der Waals surface area (Å²) in [4.78, 5) is 0. The van der Waals surface area contributed by atoms with Crippen LogP contribution in [-0.2, 0) is 9.84 Å². The number of hydrogen-bond donors (Lipinski definition) is 0. The molecule has 0 fully saturated rings. The van der Waals surface area contributed by atoms with Crippen molar-refractivity contribution < 1.29 is 13.1 Å². The van der Waals surface area contributed by atoms with Crippen LogP contribution in [0.3, 0.4) is 0 Å². The Balaban J connectivity index is 3.29. The van der Waals surface area contributed by atoms with Gasteiger partial charge in [-0.05, 0) is 17.9 Å². The Morgan fingerprint density at radius 2 is 2.13 bits per heavy atom. The first-order chi connectivity index (χ1) is 6.86. The Hall–Kier alpha value is -1.10. The number of hydrogen-bond acceptors (Lipinski definition) is 3. The predicted molar refractivity (Wildman–Crippen MR) is 57.2 cm³/mol. The van der Waals surface area contributed by atoms with Gasteiger partial charge < -0.3 is 5.21 Å². The van der Waals surface area contributed by atoms with Gasteiger partial charge in [-0.1, -0.05) is 13.8 Å². The van der Waals surface area contributed by atoms with E-state index in [1.807, 2.05) is 13.8 Å². The fourth-order valence-corrected chi connectivity index (χ4v) is 2.03. The van der Waals surface area contributed by atoms with Crippen LogP contribution in [0.1, 0.15) is 31.7 Å². The van der Waals surface area contributed by atoms with E-state index in [0.29, 0.717) is 4.73 Å². The number of rotatable bonds is 3. The first-order valence-corrected chi connectivity index (χ1v) is 6.68. The van der Waals surface area contributed by atoms with Crippen molar-refractivity contribution in [2.24, 2.45) is 0 Å². The minimum absolute atomic E-state index is 0.180. The van der Waals surface area contributed by atoms with Crippen molar-refractivity contribution in [2.75, 3.05) is 6.26 Å². The first kappa shape index (κ1) is 12.0. The second-order valence-corrected chi connectivity index (χ2v) is 5.67. The summed E-state index contributed by atoms with van der Waals surface area (Å²) in [6.45, 7) is 4.01. The van der Waals surface area contributed by atoms with Crippen LogP contribution in [0.5, 0.6) is 0 Å². The lowest BCUT2D eigenvalue weighted by Crippen LogP contribution is -2.33. The summed E-state index contributed by atoms with van der Waals surface area (Å²) < 4.78 is 23.0. The Bertz CT molecular complexity index is 454. The van der Waals surface area contributed by atoms with Crippen LogP contribution in [0.15, 0.2) is 23.4 Å². The highest BCUT2D eigenvalue weighted by molar-refractivity contribution is 7.90. The van der Waals surface area contributed by atoms with Gasteiger partial charge in [-0.25, -0.2) is 8.42 Å². The molecule has 0 radical (unpaired) electrons. The molecule has 0 bridgehead atoms. The average Bonchev–Trinajstić information content (AvgIpc) is 2.15. The zero-order valence-corrected chi connectivity index (χ0v) is 9.91. The molecule has 1 aromatic rings. The summed E-state index contributed by atoms with van der Waals surface area (Å²) in [5, 5.41) is 11.1. The average molecular weight is 229 g/mol. The van der Waals surface area contributed by atoms with Gasteiger partial charge >= 0.3 is 5.03 Å². The Morgan fingerprint density at radius 3 is 2.60 bits per heavy atom. The highest BCUT2D eigenvalue weighted by Crippen LogP contribution is 2.19. The van der Waals surface area contributed by atoms with E-state index in [1.165, 1.54) is 12.3 Å². The van der Waals surface area contributed by atoms with Gasteiger partial charge in [0.1, 0.15) is 0 Å². The summed E-state index contributed by atoms with van der Waals surface area (Å²) in [6.07, 6.45) is 3.20. The molecule has 1 heterocycles. The molecular formula is C10H15NO3S. The van der Waals surface area contributed by atoms with Crippen LogP contribution in [-0.4, -0.2) is 14.7 Å². The largest absolute Gasteiger partial charge is 0.618 e. The SMILES string of the molecule is CC[C@H](C)c1cc[n+]([O-])c(S(C)(=O)=O)c1. The molecule has 0 N–H and O–H groups in total. The van der Waals surface area contributed by atoms with E-state index in [2.05, 4.69) is 0 Å². The zero-order chi connectivity index (χ0) is 11.6. The standard InChI is InChI=1S/C10H15NO3S/c1-4-8(2)9-5-6-11(12)10(7-9)15(3,13)14/h5-8H,4H2,1-3H3/t8-/m0/s1. The third-order valence-electron chi connectivity index (χ3n) is 2.47. The van der Waals surface area contributed by atoms with Crippen molar-refractivity contribution in [3.63, 3.8) is 0 Å². The fraction of sp³-hybridized carbons (Fsp3) is 0.500. The minimum Gasteiger partial charge on any atom is -0.618 e. The summed E-state index contributed by atoms with van der Waals surface area (Å²) in [7, 11) is -3.45. The molecule has 0 aliphatic heterocycles. The molecule has 0 aliphatic rings. The van der Waals surface area contributed by atoms with Crippen LogP contribution in [0, 0.1) is 5.21 Å². The van der Waals surface area contributed by atoms with Gasteiger partial charge in [0, 0.05) is 18.4 Å². The van der Waals surface area contributed by atoms with Crippen molar-refractivity contribution in [1.82, 2.24) is 0 Å². The molecule has 0 aliphatic carbocycles. The molecule has 1 rings (SSSR count). The van der Waals surface area contributed by atoms with Crippen molar-refractivity contribution >= 4 is 9.84 Å². The molecular weight excluding hydrogens is 214 g/mol. The van der Waals surface area contributed by atoms with Crippen LogP contribution >= 0.6 is 0 Å². The van der Waals surface area contributed by atoms with Gasteiger partial charge in [-0.15, -0.1) is 0 Å². The van der Waals surface area contributed by atoms with E-state index in [1.54, 1.807) is 6.07 Å². The smallest absolute Gasteiger partial charge is 0.308 e. The topological polar surface area (TPSA) is 61.1 Å². The van der Waals surface area contributed by atoms with Gasteiger partial charge in [-0.3, -0.25) is 0 Å². The Kier molecular flexibility index (Phi) is 3.34. The summed E-state index contributed by atoms with van der Waals surface area (Å²) >= 11 is 0. The van der Waals surface area contributed by atoms with Crippen LogP contribution in [0.2, 0.25) is 0 Å². The molecule has 15 heavy (non-hydrogen) atoms. The highest BCUT2D eigenvalue weighted by Gasteiger charge is 2.19. The molecule has 0 saturated carbocycles. The first-order valence-electron chi connectivity index (χ1n) is 4.79. The van der Waals surface area contributed by atoms with Gasteiger partial charge in [0.25, 0.3) is 0 Å². The van der Waals surface area contributed by atoms with E-state index in [-0.39, 0.29) is 10.9 Å². The second-order valence-electron chi connectivity index (χ2n) is 3.71. The Morgan fingerprint density at radius 1 is 1.53 bits per heavy atom. The monoisotopic (exact) mass is 229 g/mol. The fourth-order valence-electron chi connectivity index (χ4n) is 1.29. The minimum atomic E-state index is -3.45. The summed E-state index contributed by atoms with van der Waals surface area (Å²) in [6, 6.07) is 3.12. The molecule has 0 spiro atoms. The molecule has 4 nitrogen and oxygen atoms in total. The molecule has 0 unspecified atom stereocenters. The number of aromatic nitrogens is 1. The van der Waals surface area contributed by atoms with Crippen LogP contribution < -0.4 is 4.73 Å². The van der Waals surface area contributed by atoms with Gasteiger partial charge in [0.05, 0.1) is 0 Å². The molecule has 1 atom stereocenters. The molecule has 84 valence electrons. The van der Waals surface area contributed by atoms with Gasteiger partial charge in [0.15, 0.2) is 6.20 Å². The lowest BCUT2D eigenvalue weighted by molar-refractivity contribution is -0.646. The Labute approximate surface area is 90.1 Å². The number of nitrogens with zero attached hydrogens (tertiary/aromatic N) is 1. The molecule has 1 aromatic heterocycles. The van der Waals surface area contributed by atoms with Crippen LogP contribution in [0.4, 0.5) is 0 Å². The maximum atomic E-state index is 11.3. The number of sulfone groups is 1. The molecule has 5 heteroatoms. The predicted octanol–water partition coefficient (Wildman–Crippen LogP) is 1.24. The lowest BCUT2D eigenvalue weighted by Gasteiger charge is -2.09. The van der Waals surface area contributed by atoms with Crippen molar-refractivity contribution in [3.05, 3.63) is 29.1 Å². The zero-order valence-electron chi connectivity index (χ0n) is 9.10. The van der Waals surface area contributed by atoms with E-state index in [0.717, 1.165) is 18.2 Å². The number of pyridine rings is 1. The third-order valence-corrected chi connectivity index (χ3v) is 3.53. The van der Waals surface area contributed by atoms with E-state index < -0.39 is 9.84 Å². The van der Waals surface area contributed by atoms with E-state index in [9.17, 15) is 13.6 Å². The normalized spacial score (nSPS) is 13.8. The van der Waals surface area contributed by atoms with Gasteiger partial charge in [-0.2, -0.15) is 4.73 Å². The van der Waals surface area contributed by atoms with Crippen molar-refractivity contribution in [1.29, 1.82) is 0 Å². The molecule has 0 aromatic carbocycles. The molecule has 0 amide bonds. The maximum Gasteiger partial charge on any atom is 0.308 e. The maximum absolute atomic E-state index is 11.3. The van der Waals surface area contributed by atoms with Crippen molar-refractivity contribution in [2.45, 2.75) is 31.2 Å². The summed E-state index contributed by atoms with van der Waals surface area (Å²) in [5.41, 5.74) is 0.880. The van der Waals surface area contributed by atoms with Gasteiger partial charge in [0.2, 0.25) is 9.84 Å². The van der Waals surface area contributed by atoms with Crippen molar-refractivity contribution in [3.8, 4) is 0 Å². The lowest BCUT2D eigenvalue weighted by atomic mass is 10.0. The molecule has 0 saturated heterocycles.